The first kappa shape index (κ1) is 17.8. The Bertz CT molecular complexity index is 957. The van der Waals surface area contributed by atoms with E-state index in [1.54, 1.807) is 14.2 Å². The minimum absolute atomic E-state index is 0.483. The van der Waals surface area contributed by atoms with E-state index >= 15 is 0 Å². The predicted octanol–water partition coefficient (Wildman–Crippen LogP) is 3.97. The lowest BCUT2D eigenvalue weighted by molar-refractivity contribution is 0.221. The molecule has 1 aliphatic heterocycles. The van der Waals surface area contributed by atoms with Gasteiger partial charge in [0.1, 0.15) is 0 Å². The molecule has 1 aliphatic rings. The smallest absolute Gasteiger partial charge is 0.247 e. The van der Waals surface area contributed by atoms with Gasteiger partial charge in [-0.25, -0.2) is 0 Å². The van der Waals surface area contributed by atoms with Crippen molar-refractivity contribution in [2.24, 2.45) is 0 Å². The molecule has 3 aromatic rings. The van der Waals surface area contributed by atoms with Gasteiger partial charge in [0.2, 0.25) is 11.8 Å². The first-order chi connectivity index (χ1) is 13.2. The molecule has 7 heteroatoms. The standard InChI is InChI=1S/C20H20ClN3O3/c1-25-17-9-13-6-7-24(11-15(13)10-18(17)26-2)12-19-22-23-20(27-19)14-4-3-5-16(21)8-14/h3-5,8-10H,6-7,11-12H2,1-2H3. The summed E-state index contributed by atoms with van der Waals surface area (Å²) in [6.45, 7) is 2.31. The molecular formula is C20H20ClN3O3. The number of fused-ring (bicyclic) bond motifs is 1. The number of rotatable bonds is 5. The largest absolute Gasteiger partial charge is 0.493 e. The lowest BCUT2D eigenvalue weighted by Crippen LogP contribution is -2.30. The second-order valence-corrected chi connectivity index (χ2v) is 6.88. The summed E-state index contributed by atoms with van der Waals surface area (Å²) in [5, 5.41) is 8.98. The maximum atomic E-state index is 6.03. The molecular weight excluding hydrogens is 366 g/mol. The van der Waals surface area contributed by atoms with Gasteiger partial charge < -0.3 is 13.9 Å². The highest BCUT2D eigenvalue weighted by atomic mass is 35.5. The lowest BCUT2D eigenvalue weighted by atomic mass is 9.99. The molecule has 0 saturated carbocycles. The predicted molar refractivity (Wildman–Crippen MR) is 102 cm³/mol. The van der Waals surface area contributed by atoms with Crippen LogP contribution in [0.5, 0.6) is 11.5 Å². The zero-order chi connectivity index (χ0) is 18.8. The van der Waals surface area contributed by atoms with Crippen LogP contribution in [0.1, 0.15) is 17.0 Å². The van der Waals surface area contributed by atoms with E-state index in [-0.39, 0.29) is 0 Å². The summed E-state index contributed by atoms with van der Waals surface area (Å²) in [6, 6.07) is 11.5. The fourth-order valence-electron chi connectivity index (χ4n) is 3.32. The van der Waals surface area contributed by atoms with Gasteiger partial charge in [-0.2, -0.15) is 0 Å². The summed E-state index contributed by atoms with van der Waals surface area (Å²) in [7, 11) is 3.31. The molecule has 0 saturated heterocycles. The fourth-order valence-corrected chi connectivity index (χ4v) is 3.51. The number of halogens is 1. The molecule has 0 fully saturated rings. The molecule has 0 aliphatic carbocycles. The van der Waals surface area contributed by atoms with Crippen molar-refractivity contribution in [1.29, 1.82) is 0 Å². The van der Waals surface area contributed by atoms with Gasteiger partial charge in [0, 0.05) is 23.7 Å². The average molecular weight is 386 g/mol. The highest BCUT2D eigenvalue weighted by molar-refractivity contribution is 6.30. The Morgan fingerprint density at radius 3 is 2.59 bits per heavy atom. The third-order valence-electron chi connectivity index (χ3n) is 4.69. The van der Waals surface area contributed by atoms with Gasteiger partial charge in [-0.1, -0.05) is 17.7 Å². The van der Waals surface area contributed by atoms with Crippen molar-refractivity contribution in [3.63, 3.8) is 0 Å². The minimum atomic E-state index is 0.483. The van der Waals surface area contributed by atoms with Crippen molar-refractivity contribution < 1.29 is 13.9 Å². The number of aromatic nitrogens is 2. The third kappa shape index (κ3) is 3.77. The van der Waals surface area contributed by atoms with Crippen LogP contribution in [0.25, 0.3) is 11.5 Å². The Kier molecular flexibility index (Phi) is 5.01. The highest BCUT2D eigenvalue weighted by Gasteiger charge is 2.21. The van der Waals surface area contributed by atoms with Gasteiger partial charge in [0.05, 0.1) is 20.8 Å². The van der Waals surface area contributed by atoms with Gasteiger partial charge >= 0.3 is 0 Å². The molecule has 1 aromatic heterocycles. The molecule has 140 valence electrons. The lowest BCUT2D eigenvalue weighted by Gasteiger charge is -2.28. The van der Waals surface area contributed by atoms with Crippen molar-refractivity contribution in [2.45, 2.75) is 19.5 Å². The van der Waals surface area contributed by atoms with Crippen LogP contribution < -0.4 is 9.47 Å². The molecule has 0 bridgehead atoms. The monoisotopic (exact) mass is 385 g/mol. The van der Waals surface area contributed by atoms with Crippen LogP contribution in [-0.2, 0) is 19.5 Å². The van der Waals surface area contributed by atoms with Crippen LogP contribution in [0.2, 0.25) is 5.02 Å². The third-order valence-corrected chi connectivity index (χ3v) is 4.93. The second kappa shape index (κ2) is 7.58. The van der Waals surface area contributed by atoms with Gasteiger partial charge in [0.25, 0.3) is 0 Å². The normalized spacial score (nSPS) is 14.0. The minimum Gasteiger partial charge on any atom is -0.493 e. The molecule has 0 spiro atoms. The molecule has 4 rings (SSSR count). The molecule has 2 heterocycles. The van der Waals surface area contributed by atoms with Crippen molar-refractivity contribution in [3.8, 4) is 23.0 Å². The van der Waals surface area contributed by atoms with Gasteiger partial charge in [-0.3, -0.25) is 4.90 Å². The Hall–Kier alpha value is -2.57. The van der Waals surface area contributed by atoms with Crippen molar-refractivity contribution in [3.05, 3.63) is 58.4 Å². The molecule has 27 heavy (non-hydrogen) atoms. The number of benzene rings is 2. The number of nitrogens with zero attached hydrogens (tertiary/aromatic N) is 3. The first-order valence-corrected chi connectivity index (χ1v) is 9.08. The van der Waals surface area contributed by atoms with Crippen molar-refractivity contribution in [2.75, 3.05) is 20.8 Å². The van der Waals surface area contributed by atoms with Crippen molar-refractivity contribution in [1.82, 2.24) is 15.1 Å². The number of methoxy groups -OCH3 is 2. The molecule has 0 unspecified atom stereocenters. The first-order valence-electron chi connectivity index (χ1n) is 8.70. The molecule has 0 amide bonds. The summed E-state index contributed by atoms with van der Waals surface area (Å²) in [4.78, 5) is 2.28. The Morgan fingerprint density at radius 2 is 1.85 bits per heavy atom. The van der Waals surface area contributed by atoms with E-state index in [4.69, 9.17) is 25.5 Å². The fraction of sp³-hybridized carbons (Fsp3) is 0.300. The SMILES string of the molecule is COc1cc2c(cc1OC)CN(Cc1nnc(-c3cccc(Cl)c3)o1)CC2. The summed E-state index contributed by atoms with van der Waals surface area (Å²) < 4.78 is 16.6. The topological polar surface area (TPSA) is 60.6 Å². The Morgan fingerprint density at radius 1 is 1.07 bits per heavy atom. The Balaban J connectivity index is 1.49. The molecule has 0 radical (unpaired) electrons. The van der Waals surface area contributed by atoms with Crippen molar-refractivity contribution >= 4 is 11.6 Å². The van der Waals surface area contributed by atoms with Gasteiger partial charge in [0.15, 0.2) is 11.5 Å². The van der Waals surface area contributed by atoms with E-state index in [9.17, 15) is 0 Å². The quantitative estimate of drug-likeness (QED) is 0.662. The van der Waals surface area contributed by atoms with Crippen LogP contribution in [-0.4, -0.2) is 35.9 Å². The van der Waals surface area contributed by atoms with E-state index in [2.05, 4.69) is 21.2 Å². The summed E-state index contributed by atoms with van der Waals surface area (Å²) >= 11 is 6.03. The molecule has 6 nitrogen and oxygen atoms in total. The van der Waals surface area contributed by atoms with Crippen LogP contribution in [0.3, 0.4) is 0 Å². The molecule has 0 N–H and O–H groups in total. The van der Waals surface area contributed by atoms with E-state index < -0.39 is 0 Å². The van der Waals surface area contributed by atoms with Crippen LogP contribution in [0, 0.1) is 0 Å². The maximum Gasteiger partial charge on any atom is 0.247 e. The summed E-state index contributed by atoms with van der Waals surface area (Å²) in [5.74, 6) is 2.59. The Labute approximate surface area is 162 Å². The number of hydrogen-bond acceptors (Lipinski definition) is 6. The second-order valence-electron chi connectivity index (χ2n) is 6.45. The van der Waals surface area contributed by atoms with E-state index in [0.29, 0.717) is 23.3 Å². The number of ether oxygens (including phenoxy) is 2. The number of hydrogen-bond donors (Lipinski definition) is 0. The van der Waals surface area contributed by atoms with Gasteiger partial charge in [-0.15, -0.1) is 10.2 Å². The summed E-state index contributed by atoms with van der Waals surface area (Å²) in [6.07, 6.45) is 0.935. The maximum absolute atomic E-state index is 6.03. The van der Waals surface area contributed by atoms with E-state index in [1.807, 2.05) is 30.3 Å². The van der Waals surface area contributed by atoms with E-state index in [1.165, 1.54) is 11.1 Å². The zero-order valence-electron chi connectivity index (χ0n) is 15.2. The summed E-state index contributed by atoms with van der Waals surface area (Å²) in [5.41, 5.74) is 3.34. The average Bonchev–Trinajstić information content (AvgIpc) is 3.15. The zero-order valence-corrected chi connectivity index (χ0v) is 16.0. The van der Waals surface area contributed by atoms with E-state index in [0.717, 1.165) is 36.6 Å². The van der Waals surface area contributed by atoms with Crippen LogP contribution >= 0.6 is 11.6 Å². The van der Waals surface area contributed by atoms with Crippen LogP contribution in [0.15, 0.2) is 40.8 Å². The molecule has 0 atom stereocenters. The van der Waals surface area contributed by atoms with Gasteiger partial charge in [-0.05, 0) is 47.9 Å². The molecule has 2 aromatic carbocycles. The highest BCUT2D eigenvalue weighted by Crippen LogP contribution is 2.33. The van der Waals surface area contributed by atoms with Crippen LogP contribution in [0.4, 0.5) is 0 Å².